The summed E-state index contributed by atoms with van der Waals surface area (Å²) in [6, 6.07) is 3.07. The Balaban J connectivity index is 2.59. The predicted octanol–water partition coefficient (Wildman–Crippen LogP) is 1.31. The molecule has 0 aromatic carbocycles. The Hall–Kier alpha value is -1.88. The van der Waals surface area contributed by atoms with Crippen molar-refractivity contribution in [2.75, 3.05) is 5.32 Å². The van der Waals surface area contributed by atoms with Crippen molar-refractivity contribution in [2.45, 2.75) is 0 Å². The van der Waals surface area contributed by atoms with Gasteiger partial charge in [-0.1, -0.05) is 11.6 Å². The molecule has 0 unspecified atom stereocenters. The van der Waals surface area contributed by atoms with Gasteiger partial charge in [-0.3, -0.25) is 4.79 Å². The van der Waals surface area contributed by atoms with Crippen LogP contribution in [-0.2, 0) is 9.59 Å². The summed E-state index contributed by atoms with van der Waals surface area (Å²) in [5.41, 5.74) is 0.444. The second kappa shape index (κ2) is 5.11. The van der Waals surface area contributed by atoms with Crippen LogP contribution in [0, 0.1) is 0 Å². The molecule has 78 valence electrons. The van der Waals surface area contributed by atoms with Crippen molar-refractivity contribution < 1.29 is 14.7 Å². The molecule has 0 atom stereocenters. The Labute approximate surface area is 90.4 Å². The number of aromatic nitrogens is 1. The molecule has 1 aromatic heterocycles. The maximum Gasteiger partial charge on any atom is 0.328 e. The maximum absolute atomic E-state index is 11.1. The van der Waals surface area contributed by atoms with Crippen molar-refractivity contribution in [3.63, 3.8) is 0 Å². The lowest BCUT2D eigenvalue weighted by Gasteiger charge is -2.00. The van der Waals surface area contributed by atoms with E-state index in [-0.39, 0.29) is 0 Å². The molecule has 0 aliphatic heterocycles. The number of halogens is 1. The van der Waals surface area contributed by atoms with E-state index in [1.54, 1.807) is 6.07 Å². The number of amides is 1. The zero-order valence-electron chi connectivity index (χ0n) is 7.48. The number of pyridine rings is 1. The molecule has 15 heavy (non-hydrogen) atoms. The van der Waals surface area contributed by atoms with Crippen LogP contribution in [0.3, 0.4) is 0 Å². The van der Waals surface area contributed by atoms with E-state index in [1.807, 2.05) is 0 Å². The van der Waals surface area contributed by atoms with Crippen LogP contribution in [-0.4, -0.2) is 22.0 Å². The Morgan fingerprint density at radius 2 is 2.13 bits per heavy atom. The zero-order valence-corrected chi connectivity index (χ0v) is 8.23. The Bertz CT molecular complexity index is 400. The number of carboxylic acids is 1. The lowest BCUT2D eigenvalue weighted by Crippen LogP contribution is -2.08. The van der Waals surface area contributed by atoms with E-state index in [9.17, 15) is 9.59 Å². The van der Waals surface area contributed by atoms with E-state index in [2.05, 4.69) is 10.3 Å². The number of hydrogen-bond donors (Lipinski definition) is 2. The molecule has 1 amide bonds. The largest absolute Gasteiger partial charge is 0.478 e. The molecular weight excluding hydrogens is 220 g/mol. The van der Waals surface area contributed by atoms with Crippen LogP contribution in [0.4, 0.5) is 5.69 Å². The molecule has 0 saturated heterocycles. The van der Waals surface area contributed by atoms with Gasteiger partial charge in [0.1, 0.15) is 5.15 Å². The Morgan fingerprint density at radius 1 is 1.40 bits per heavy atom. The second-order valence-electron chi connectivity index (χ2n) is 2.53. The molecule has 1 aromatic rings. The zero-order chi connectivity index (χ0) is 11.3. The minimum absolute atomic E-state index is 0.314. The van der Waals surface area contributed by atoms with E-state index in [0.29, 0.717) is 10.8 Å². The number of nitrogens with one attached hydrogen (secondary N) is 1. The highest BCUT2D eigenvalue weighted by Crippen LogP contribution is 2.09. The number of nitrogens with zero attached hydrogens (tertiary/aromatic N) is 1. The summed E-state index contributed by atoms with van der Waals surface area (Å²) >= 11 is 5.54. The fourth-order valence-corrected chi connectivity index (χ4v) is 0.892. The van der Waals surface area contributed by atoms with Gasteiger partial charge in [-0.2, -0.15) is 0 Å². The standard InChI is InChI=1S/C9H7ClN2O3/c10-7-2-1-6(5-11-7)12-8(13)3-4-9(14)15/h1-5H,(H,12,13)(H,14,15)/b4-3-. The fourth-order valence-electron chi connectivity index (χ4n) is 0.781. The quantitative estimate of drug-likeness (QED) is 0.602. The van der Waals surface area contributed by atoms with E-state index in [0.717, 1.165) is 12.2 Å². The summed E-state index contributed by atoms with van der Waals surface area (Å²) in [6.45, 7) is 0. The minimum Gasteiger partial charge on any atom is -0.478 e. The molecule has 5 nitrogen and oxygen atoms in total. The average Bonchev–Trinajstić information content (AvgIpc) is 2.19. The third-order valence-corrected chi connectivity index (χ3v) is 1.60. The monoisotopic (exact) mass is 226 g/mol. The van der Waals surface area contributed by atoms with Crippen molar-refractivity contribution in [1.82, 2.24) is 4.98 Å². The lowest BCUT2D eigenvalue weighted by molar-refractivity contribution is -0.131. The Kier molecular flexibility index (Phi) is 3.82. The number of hydrogen-bond acceptors (Lipinski definition) is 3. The molecule has 1 heterocycles. The SMILES string of the molecule is O=C(O)/C=C\C(=O)Nc1ccc(Cl)nc1. The Morgan fingerprint density at radius 3 is 2.67 bits per heavy atom. The van der Waals surface area contributed by atoms with Crippen molar-refractivity contribution in [1.29, 1.82) is 0 Å². The predicted molar refractivity (Wildman–Crippen MR) is 54.7 cm³/mol. The van der Waals surface area contributed by atoms with E-state index < -0.39 is 11.9 Å². The van der Waals surface area contributed by atoms with Crippen LogP contribution in [0.5, 0.6) is 0 Å². The van der Waals surface area contributed by atoms with Gasteiger partial charge in [0.05, 0.1) is 11.9 Å². The van der Waals surface area contributed by atoms with Gasteiger partial charge in [-0.05, 0) is 12.1 Å². The summed E-state index contributed by atoms with van der Waals surface area (Å²) in [6.07, 6.45) is 3.03. The first-order chi connectivity index (χ1) is 7.08. The van der Waals surface area contributed by atoms with Gasteiger partial charge >= 0.3 is 5.97 Å². The first kappa shape index (κ1) is 11.2. The second-order valence-corrected chi connectivity index (χ2v) is 2.92. The van der Waals surface area contributed by atoms with E-state index in [1.165, 1.54) is 12.3 Å². The first-order valence-corrected chi connectivity index (χ1v) is 4.29. The third-order valence-electron chi connectivity index (χ3n) is 1.37. The summed E-state index contributed by atoms with van der Waals surface area (Å²) in [5, 5.41) is 11.0. The van der Waals surface area contributed by atoms with Crippen LogP contribution in [0.25, 0.3) is 0 Å². The lowest BCUT2D eigenvalue weighted by atomic mass is 10.4. The molecule has 0 saturated carbocycles. The maximum atomic E-state index is 11.1. The fraction of sp³-hybridized carbons (Fsp3) is 0. The van der Waals surface area contributed by atoms with E-state index >= 15 is 0 Å². The molecule has 6 heteroatoms. The van der Waals surface area contributed by atoms with E-state index in [4.69, 9.17) is 16.7 Å². The topological polar surface area (TPSA) is 79.3 Å². The highest BCUT2D eigenvalue weighted by Gasteiger charge is 1.98. The molecule has 2 N–H and O–H groups in total. The summed E-state index contributed by atoms with van der Waals surface area (Å²) < 4.78 is 0. The molecule has 1 rings (SSSR count). The van der Waals surface area contributed by atoms with Crippen LogP contribution >= 0.6 is 11.6 Å². The van der Waals surface area contributed by atoms with Gasteiger partial charge in [-0.15, -0.1) is 0 Å². The van der Waals surface area contributed by atoms with Gasteiger partial charge in [0, 0.05) is 12.2 Å². The van der Waals surface area contributed by atoms with Gasteiger partial charge in [0.2, 0.25) is 5.91 Å². The molecule has 0 bridgehead atoms. The smallest absolute Gasteiger partial charge is 0.328 e. The highest BCUT2D eigenvalue weighted by molar-refractivity contribution is 6.29. The van der Waals surface area contributed by atoms with Gasteiger partial charge in [0.15, 0.2) is 0 Å². The number of carbonyl (C=O) groups excluding carboxylic acids is 1. The van der Waals surface area contributed by atoms with Gasteiger partial charge in [0.25, 0.3) is 0 Å². The highest BCUT2D eigenvalue weighted by atomic mass is 35.5. The number of carboxylic acid groups (broad SMARTS) is 1. The van der Waals surface area contributed by atoms with Crippen LogP contribution in [0.2, 0.25) is 5.15 Å². The molecular formula is C9H7ClN2O3. The van der Waals surface area contributed by atoms with Crippen molar-refractivity contribution in [3.8, 4) is 0 Å². The number of anilines is 1. The van der Waals surface area contributed by atoms with Crippen molar-refractivity contribution in [3.05, 3.63) is 35.6 Å². The third kappa shape index (κ3) is 4.24. The molecule has 0 radical (unpaired) electrons. The summed E-state index contributed by atoms with van der Waals surface area (Å²) in [5.74, 6) is -1.72. The summed E-state index contributed by atoms with van der Waals surface area (Å²) in [4.78, 5) is 24.9. The number of rotatable bonds is 3. The average molecular weight is 227 g/mol. The minimum atomic E-state index is -1.18. The molecule has 0 aliphatic rings. The summed E-state index contributed by atoms with van der Waals surface area (Å²) in [7, 11) is 0. The van der Waals surface area contributed by atoms with Gasteiger partial charge < -0.3 is 10.4 Å². The van der Waals surface area contributed by atoms with Crippen LogP contribution < -0.4 is 5.32 Å². The van der Waals surface area contributed by atoms with Crippen LogP contribution in [0.1, 0.15) is 0 Å². The van der Waals surface area contributed by atoms with Crippen molar-refractivity contribution >= 4 is 29.2 Å². The molecule has 0 spiro atoms. The molecule has 0 aliphatic carbocycles. The van der Waals surface area contributed by atoms with Gasteiger partial charge in [-0.25, -0.2) is 9.78 Å². The number of carbonyl (C=O) groups is 2. The molecule has 0 fully saturated rings. The number of aliphatic carboxylic acids is 1. The normalized spacial score (nSPS) is 10.2. The van der Waals surface area contributed by atoms with Crippen molar-refractivity contribution in [2.24, 2.45) is 0 Å². The first-order valence-electron chi connectivity index (χ1n) is 3.91. The van der Waals surface area contributed by atoms with Crippen LogP contribution in [0.15, 0.2) is 30.5 Å².